The van der Waals surface area contributed by atoms with Gasteiger partial charge in [0.15, 0.2) is 0 Å². The van der Waals surface area contributed by atoms with E-state index in [2.05, 4.69) is 17.5 Å². The number of amides is 1. The third-order valence-electron chi connectivity index (χ3n) is 3.86. The molecule has 0 atom stereocenters. The molecule has 0 saturated heterocycles. The summed E-state index contributed by atoms with van der Waals surface area (Å²) in [5.41, 5.74) is 5.57. The lowest BCUT2D eigenvalue weighted by atomic mass is 9.86. The second kappa shape index (κ2) is 6.50. The minimum atomic E-state index is -0.117. The van der Waals surface area contributed by atoms with Gasteiger partial charge in [0.05, 0.1) is 0 Å². The van der Waals surface area contributed by atoms with Gasteiger partial charge in [-0.1, -0.05) is 31.0 Å². The summed E-state index contributed by atoms with van der Waals surface area (Å²) in [6.07, 6.45) is 5.70. The van der Waals surface area contributed by atoms with Crippen molar-refractivity contribution in [3.63, 3.8) is 0 Å². The summed E-state index contributed by atoms with van der Waals surface area (Å²) >= 11 is 0. The van der Waals surface area contributed by atoms with Crippen molar-refractivity contribution < 1.29 is 4.79 Å². The number of aryl methyl sites for hydroxylation is 1. The van der Waals surface area contributed by atoms with Crippen molar-refractivity contribution in [3.05, 3.63) is 35.4 Å². The van der Waals surface area contributed by atoms with Gasteiger partial charge in [0, 0.05) is 11.3 Å². The summed E-state index contributed by atoms with van der Waals surface area (Å²) < 4.78 is 0. The minimum Gasteiger partial charge on any atom is -0.267 e. The number of rotatable bonds is 3. The molecule has 0 unspecified atom stereocenters. The van der Waals surface area contributed by atoms with Crippen LogP contribution in [0.15, 0.2) is 29.4 Å². The van der Waals surface area contributed by atoms with Crippen LogP contribution in [0.25, 0.3) is 0 Å². The number of carbonyl (C=O) groups excluding carboxylic acids is 1. The third kappa shape index (κ3) is 3.91. The number of nitrogens with one attached hydrogen (secondary N) is 1. The maximum Gasteiger partial charge on any atom is 0.271 e. The van der Waals surface area contributed by atoms with E-state index in [-0.39, 0.29) is 5.91 Å². The highest BCUT2D eigenvalue weighted by atomic mass is 16.2. The van der Waals surface area contributed by atoms with Gasteiger partial charge in [-0.15, -0.1) is 0 Å². The smallest absolute Gasteiger partial charge is 0.267 e. The normalized spacial score (nSPS) is 19.1. The second-order valence-electron chi connectivity index (χ2n) is 5.34. The first-order valence-electron chi connectivity index (χ1n) is 7.11. The molecule has 1 aromatic carbocycles. The summed E-state index contributed by atoms with van der Waals surface area (Å²) in [5, 5.41) is 4.28. The molecule has 3 heteroatoms. The fraction of sp³-hybridized carbons (Fsp3) is 0.500. The highest BCUT2D eigenvalue weighted by molar-refractivity contribution is 5.95. The molecule has 1 saturated carbocycles. The van der Waals surface area contributed by atoms with Gasteiger partial charge in [-0.25, -0.2) is 5.43 Å². The maximum absolute atomic E-state index is 11.9. The number of nitrogens with zero attached hydrogens (tertiary/aromatic N) is 1. The fourth-order valence-electron chi connectivity index (χ4n) is 2.51. The average Bonchev–Trinajstić information content (AvgIpc) is 2.45. The van der Waals surface area contributed by atoms with Gasteiger partial charge in [-0.3, -0.25) is 4.79 Å². The van der Waals surface area contributed by atoms with Gasteiger partial charge in [-0.05, 0) is 50.7 Å². The summed E-state index contributed by atoms with van der Waals surface area (Å²) in [6.45, 7) is 4.22. The van der Waals surface area contributed by atoms with Crippen LogP contribution >= 0.6 is 0 Å². The molecule has 1 aromatic rings. The molecule has 0 spiro atoms. The zero-order valence-electron chi connectivity index (χ0n) is 11.8. The van der Waals surface area contributed by atoms with E-state index in [1.54, 1.807) is 0 Å². The molecule has 0 heterocycles. The van der Waals surface area contributed by atoms with Crippen molar-refractivity contribution >= 4 is 11.6 Å². The molecular weight excluding hydrogens is 236 g/mol. The molecule has 19 heavy (non-hydrogen) atoms. The monoisotopic (exact) mass is 258 g/mol. The molecule has 1 aliphatic rings. The van der Waals surface area contributed by atoms with Crippen LogP contribution in [0.1, 0.15) is 54.9 Å². The van der Waals surface area contributed by atoms with Gasteiger partial charge < -0.3 is 0 Å². The number of benzene rings is 1. The number of carbonyl (C=O) groups is 1. The van der Waals surface area contributed by atoms with E-state index >= 15 is 0 Å². The first-order valence-corrected chi connectivity index (χ1v) is 7.11. The van der Waals surface area contributed by atoms with Gasteiger partial charge in [-0.2, -0.15) is 5.10 Å². The third-order valence-corrected chi connectivity index (χ3v) is 3.86. The number of hydrogen-bond acceptors (Lipinski definition) is 2. The van der Waals surface area contributed by atoms with Crippen LogP contribution in [0.4, 0.5) is 0 Å². The van der Waals surface area contributed by atoms with Crippen LogP contribution in [0, 0.1) is 12.8 Å². The molecule has 0 aromatic heterocycles. The van der Waals surface area contributed by atoms with Gasteiger partial charge in [0.2, 0.25) is 0 Å². The van der Waals surface area contributed by atoms with Crippen molar-refractivity contribution in [3.8, 4) is 0 Å². The van der Waals surface area contributed by atoms with E-state index < -0.39 is 0 Å². The van der Waals surface area contributed by atoms with Gasteiger partial charge in [0.1, 0.15) is 0 Å². The first kappa shape index (κ1) is 13.8. The minimum absolute atomic E-state index is 0.117. The van der Waals surface area contributed by atoms with E-state index in [9.17, 15) is 4.79 Å². The molecule has 1 amide bonds. The van der Waals surface area contributed by atoms with E-state index in [4.69, 9.17) is 0 Å². The Bertz CT molecular complexity index is 469. The molecule has 1 fully saturated rings. The Morgan fingerprint density at radius 2 is 2.11 bits per heavy atom. The van der Waals surface area contributed by atoms with Crippen LogP contribution in [0.3, 0.4) is 0 Å². The van der Waals surface area contributed by atoms with Crippen LogP contribution in [0.2, 0.25) is 0 Å². The molecule has 3 nitrogen and oxygen atoms in total. The molecule has 0 bridgehead atoms. The topological polar surface area (TPSA) is 41.5 Å². The van der Waals surface area contributed by atoms with Crippen molar-refractivity contribution in [1.82, 2.24) is 5.43 Å². The maximum atomic E-state index is 11.9. The zero-order chi connectivity index (χ0) is 13.7. The quantitative estimate of drug-likeness (QED) is 0.825. The molecule has 0 aliphatic heterocycles. The van der Waals surface area contributed by atoms with Gasteiger partial charge in [0.25, 0.3) is 5.91 Å². The second-order valence-corrected chi connectivity index (χ2v) is 5.34. The average molecular weight is 258 g/mol. The van der Waals surface area contributed by atoms with Crippen LogP contribution in [0.5, 0.6) is 0 Å². The Labute approximate surface area is 115 Å². The van der Waals surface area contributed by atoms with Crippen molar-refractivity contribution in [1.29, 1.82) is 0 Å². The van der Waals surface area contributed by atoms with Gasteiger partial charge >= 0.3 is 0 Å². The molecular formula is C16H22N2O. The van der Waals surface area contributed by atoms with E-state index in [0.717, 1.165) is 30.0 Å². The standard InChI is InChI=1S/C16H22N2O/c1-3-13-7-9-15(10-8-13)17-18-16(19)14-6-4-5-12(2)11-14/h4-6,11,13H,3,7-10H2,1-2H3,(H,18,19). The zero-order valence-corrected chi connectivity index (χ0v) is 11.8. The molecule has 1 N–H and O–H groups in total. The fourth-order valence-corrected chi connectivity index (χ4v) is 2.51. The van der Waals surface area contributed by atoms with Crippen LogP contribution < -0.4 is 5.43 Å². The Hall–Kier alpha value is -1.64. The van der Waals surface area contributed by atoms with E-state index in [1.165, 1.54) is 19.3 Å². The van der Waals surface area contributed by atoms with E-state index in [1.807, 2.05) is 31.2 Å². The summed E-state index contributed by atoms with van der Waals surface area (Å²) in [4.78, 5) is 11.9. The van der Waals surface area contributed by atoms with Crippen molar-refractivity contribution in [2.24, 2.45) is 11.0 Å². The summed E-state index contributed by atoms with van der Waals surface area (Å²) in [5.74, 6) is 0.722. The Morgan fingerprint density at radius 3 is 2.74 bits per heavy atom. The predicted octanol–water partition coefficient (Wildman–Crippen LogP) is 3.68. The highest BCUT2D eigenvalue weighted by Gasteiger charge is 2.16. The highest BCUT2D eigenvalue weighted by Crippen LogP contribution is 2.24. The van der Waals surface area contributed by atoms with Crippen LogP contribution in [-0.4, -0.2) is 11.6 Å². The Kier molecular flexibility index (Phi) is 4.72. The lowest BCUT2D eigenvalue weighted by Gasteiger charge is -2.21. The Balaban J connectivity index is 1.90. The molecule has 102 valence electrons. The van der Waals surface area contributed by atoms with Crippen molar-refractivity contribution in [2.75, 3.05) is 0 Å². The Morgan fingerprint density at radius 1 is 1.37 bits per heavy atom. The first-order chi connectivity index (χ1) is 9.19. The molecule has 1 aliphatic carbocycles. The van der Waals surface area contributed by atoms with Crippen molar-refractivity contribution in [2.45, 2.75) is 46.0 Å². The summed E-state index contributed by atoms with van der Waals surface area (Å²) in [6, 6.07) is 7.57. The number of hydrazone groups is 1. The predicted molar refractivity (Wildman–Crippen MR) is 78.3 cm³/mol. The lowest BCUT2D eigenvalue weighted by molar-refractivity contribution is 0.0954. The SMILES string of the molecule is CCC1CCC(=NNC(=O)c2cccc(C)c2)CC1. The summed E-state index contributed by atoms with van der Waals surface area (Å²) in [7, 11) is 0. The lowest BCUT2D eigenvalue weighted by Crippen LogP contribution is -2.22. The largest absolute Gasteiger partial charge is 0.271 e. The van der Waals surface area contributed by atoms with E-state index in [0.29, 0.717) is 5.56 Å². The number of hydrogen-bond donors (Lipinski definition) is 1. The molecule has 2 rings (SSSR count). The van der Waals surface area contributed by atoms with Crippen LogP contribution in [-0.2, 0) is 0 Å². The molecule has 0 radical (unpaired) electrons.